The summed E-state index contributed by atoms with van der Waals surface area (Å²) in [5.74, 6) is 0.235. The largest absolute Gasteiger partial charge is 0.497 e. The van der Waals surface area contributed by atoms with Crippen LogP contribution in [0.4, 0.5) is 5.69 Å². The van der Waals surface area contributed by atoms with E-state index < -0.39 is 5.97 Å². The molecule has 6 nitrogen and oxygen atoms in total. The van der Waals surface area contributed by atoms with E-state index in [1.807, 2.05) is 18.2 Å². The maximum atomic E-state index is 11.9. The second-order valence-electron chi connectivity index (χ2n) is 6.01. The molecule has 0 aliphatic heterocycles. The third-order valence-electron chi connectivity index (χ3n) is 4.16. The number of carbonyl (C=O) groups is 2. The number of methoxy groups -OCH3 is 1. The topological polar surface area (TPSA) is 73.9 Å². The Morgan fingerprint density at radius 3 is 2.46 bits per heavy atom. The van der Waals surface area contributed by atoms with E-state index in [0.717, 1.165) is 24.9 Å². The third kappa shape index (κ3) is 4.75. The van der Waals surface area contributed by atoms with Crippen LogP contribution < -0.4 is 14.8 Å². The van der Waals surface area contributed by atoms with Crippen LogP contribution in [0.3, 0.4) is 0 Å². The van der Waals surface area contributed by atoms with Gasteiger partial charge in [0.1, 0.15) is 11.5 Å². The predicted octanol–water partition coefficient (Wildman–Crippen LogP) is 2.74. The van der Waals surface area contributed by atoms with Crippen molar-refractivity contribution in [1.82, 2.24) is 0 Å². The Kier molecular flexibility index (Phi) is 5.73. The van der Waals surface area contributed by atoms with Gasteiger partial charge in [-0.3, -0.25) is 4.79 Å². The average molecular weight is 355 g/mol. The summed E-state index contributed by atoms with van der Waals surface area (Å²) in [6.45, 7) is -0.611. The quantitative estimate of drug-likeness (QED) is 0.773. The molecule has 0 saturated heterocycles. The van der Waals surface area contributed by atoms with E-state index in [1.54, 1.807) is 31.4 Å². The van der Waals surface area contributed by atoms with Gasteiger partial charge in [0.25, 0.3) is 5.91 Å². The summed E-state index contributed by atoms with van der Waals surface area (Å²) in [4.78, 5) is 23.6. The van der Waals surface area contributed by atoms with Gasteiger partial charge in [-0.05, 0) is 66.8 Å². The number of anilines is 1. The smallest absolute Gasteiger partial charge is 0.344 e. The second-order valence-corrected chi connectivity index (χ2v) is 6.01. The highest BCUT2D eigenvalue weighted by molar-refractivity contribution is 5.93. The first-order valence-electron chi connectivity index (χ1n) is 8.48. The number of aryl methyl sites for hydroxylation is 2. The molecule has 136 valence electrons. The minimum Gasteiger partial charge on any atom is -0.497 e. The van der Waals surface area contributed by atoms with E-state index >= 15 is 0 Å². The molecular formula is C20H21NO5. The fraction of sp³-hybridized carbons (Fsp3) is 0.300. The van der Waals surface area contributed by atoms with Gasteiger partial charge in [-0.25, -0.2) is 4.79 Å². The molecule has 1 N–H and O–H groups in total. The molecule has 0 spiro atoms. The van der Waals surface area contributed by atoms with Crippen molar-refractivity contribution in [2.45, 2.75) is 19.3 Å². The van der Waals surface area contributed by atoms with Crippen molar-refractivity contribution in [3.05, 3.63) is 53.6 Å². The van der Waals surface area contributed by atoms with Crippen LogP contribution in [0.15, 0.2) is 42.5 Å². The first kappa shape index (κ1) is 17.8. The van der Waals surface area contributed by atoms with E-state index in [9.17, 15) is 9.59 Å². The van der Waals surface area contributed by atoms with Crippen LogP contribution in [0.2, 0.25) is 0 Å². The van der Waals surface area contributed by atoms with Gasteiger partial charge in [0.2, 0.25) is 0 Å². The van der Waals surface area contributed by atoms with Gasteiger partial charge in [0, 0.05) is 5.69 Å². The Morgan fingerprint density at radius 2 is 1.69 bits per heavy atom. The molecule has 0 radical (unpaired) electrons. The van der Waals surface area contributed by atoms with Crippen molar-refractivity contribution in [3.63, 3.8) is 0 Å². The number of fused-ring (bicyclic) bond motifs is 1. The lowest BCUT2D eigenvalue weighted by Gasteiger charge is -2.09. The number of hydrogen-bond acceptors (Lipinski definition) is 5. The molecule has 6 heteroatoms. The zero-order valence-corrected chi connectivity index (χ0v) is 14.6. The van der Waals surface area contributed by atoms with Gasteiger partial charge in [-0.15, -0.1) is 0 Å². The number of esters is 1. The Labute approximate surface area is 152 Å². The summed E-state index contributed by atoms with van der Waals surface area (Å²) in [5.41, 5.74) is 3.33. The maximum Gasteiger partial charge on any atom is 0.344 e. The van der Waals surface area contributed by atoms with Crippen LogP contribution in [-0.4, -0.2) is 32.2 Å². The molecule has 1 aliphatic carbocycles. The molecule has 0 saturated carbocycles. The lowest BCUT2D eigenvalue weighted by Crippen LogP contribution is -2.23. The van der Waals surface area contributed by atoms with Crippen molar-refractivity contribution in [1.29, 1.82) is 0 Å². The van der Waals surface area contributed by atoms with Crippen LogP contribution in [0, 0.1) is 0 Å². The Balaban J connectivity index is 1.40. The SMILES string of the molecule is COc1ccc(OCC(=O)OCC(=O)Nc2ccc3c(c2)CCC3)cc1. The number of amides is 1. The van der Waals surface area contributed by atoms with E-state index in [2.05, 4.69) is 5.32 Å². The summed E-state index contributed by atoms with van der Waals surface area (Å²) in [5, 5.41) is 2.74. The van der Waals surface area contributed by atoms with Crippen LogP contribution >= 0.6 is 0 Å². The molecule has 1 aliphatic rings. The normalized spacial score (nSPS) is 12.2. The molecular weight excluding hydrogens is 334 g/mol. The number of rotatable bonds is 7. The van der Waals surface area contributed by atoms with E-state index in [0.29, 0.717) is 11.5 Å². The first-order valence-corrected chi connectivity index (χ1v) is 8.48. The monoisotopic (exact) mass is 355 g/mol. The van der Waals surface area contributed by atoms with Gasteiger partial charge in [0.05, 0.1) is 7.11 Å². The summed E-state index contributed by atoms with van der Waals surface area (Å²) in [6, 6.07) is 12.7. The molecule has 2 aromatic rings. The summed E-state index contributed by atoms with van der Waals surface area (Å²) in [6.07, 6.45) is 3.28. The van der Waals surface area contributed by atoms with Crippen molar-refractivity contribution < 1.29 is 23.8 Å². The number of benzene rings is 2. The molecule has 0 bridgehead atoms. The van der Waals surface area contributed by atoms with Gasteiger partial charge >= 0.3 is 5.97 Å². The lowest BCUT2D eigenvalue weighted by atomic mass is 10.1. The number of carbonyl (C=O) groups excluding carboxylic acids is 2. The van der Waals surface area contributed by atoms with Gasteiger partial charge < -0.3 is 19.5 Å². The van der Waals surface area contributed by atoms with Crippen molar-refractivity contribution in [2.24, 2.45) is 0 Å². The molecule has 26 heavy (non-hydrogen) atoms. The summed E-state index contributed by atoms with van der Waals surface area (Å²) in [7, 11) is 1.57. The number of ether oxygens (including phenoxy) is 3. The average Bonchev–Trinajstić information content (AvgIpc) is 3.13. The van der Waals surface area contributed by atoms with Crippen molar-refractivity contribution >= 4 is 17.6 Å². The molecule has 2 aromatic carbocycles. The van der Waals surface area contributed by atoms with E-state index in [1.165, 1.54) is 11.1 Å². The standard InChI is InChI=1S/C20H21NO5/c1-24-17-7-9-18(10-8-17)25-13-20(23)26-12-19(22)21-16-6-5-14-3-2-4-15(14)11-16/h5-11H,2-4,12-13H2,1H3,(H,21,22). The van der Waals surface area contributed by atoms with Gasteiger partial charge in [-0.2, -0.15) is 0 Å². The van der Waals surface area contributed by atoms with E-state index in [4.69, 9.17) is 14.2 Å². The first-order chi connectivity index (χ1) is 12.6. The Bertz CT molecular complexity index is 785. The van der Waals surface area contributed by atoms with E-state index in [-0.39, 0.29) is 19.1 Å². The fourth-order valence-electron chi connectivity index (χ4n) is 2.85. The molecule has 0 fully saturated rings. The minimum atomic E-state index is -0.607. The Morgan fingerprint density at radius 1 is 0.962 bits per heavy atom. The zero-order chi connectivity index (χ0) is 18.4. The summed E-state index contributed by atoms with van der Waals surface area (Å²) < 4.78 is 15.3. The Hall–Kier alpha value is -3.02. The predicted molar refractivity (Wildman–Crippen MR) is 96.5 cm³/mol. The highest BCUT2D eigenvalue weighted by Gasteiger charge is 2.13. The zero-order valence-electron chi connectivity index (χ0n) is 14.6. The molecule has 0 unspecified atom stereocenters. The van der Waals surface area contributed by atoms with Crippen LogP contribution in [0.25, 0.3) is 0 Å². The molecule has 0 aromatic heterocycles. The van der Waals surface area contributed by atoms with Gasteiger partial charge in [0.15, 0.2) is 13.2 Å². The maximum absolute atomic E-state index is 11.9. The fourth-order valence-corrected chi connectivity index (χ4v) is 2.85. The number of nitrogens with one attached hydrogen (secondary N) is 1. The van der Waals surface area contributed by atoms with Crippen molar-refractivity contribution in [3.8, 4) is 11.5 Å². The molecule has 0 heterocycles. The molecule has 3 rings (SSSR count). The highest BCUT2D eigenvalue weighted by Crippen LogP contribution is 2.24. The highest BCUT2D eigenvalue weighted by atomic mass is 16.6. The van der Waals surface area contributed by atoms with Crippen LogP contribution in [0.1, 0.15) is 17.5 Å². The second kappa shape index (κ2) is 8.38. The number of hydrogen-bond donors (Lipinski definition) is 1. The van der Waals surface area contributed by atoms with Crippen LogP contribution in [-0.2, 0) is 27.2 Å². The lowest BCUT2D eigenvalue weighted by molar-refractivity contribution is -0.149. The third-order valence-corrected chi connectivity index (χ3v) is 4.16. The summed E-state index contributed by atoms with van der Waals surface area (Å²) >= 11 is 0. The van der Waals surface area contributed by atoms with Crippen LogP contribution in [0.5, 0.6) is 11.5 Å². The molecule has 0 atom stereocenters. The molecule has 1 amide bonds. The van der Waals surface area contributed by atoms with Gasteiger partial charge in [-0.1, -0.05) is 6.07 Å². The van der Waals surface area contributed by atoms with Crippen molar-refractivity contribution in [2.75, 3.05) is 25.6 Å². The minimum absolute atomic E-state index is 0.265.